The molecule has 0 bridgehead atoms. The van der Waals surface area contributed by atoms with Crippen molar-refractivity contribution in [1.82, 2.24) is 4.98 Å². The van der Waals surface area contributed by atoms with Gasteiger partial charge in [0.25, 0.3) is 10.0 Å². The summed E-state index contributed by atoms with van der Waals surface area (Å²) < 4.78 is 41.9. The van der Waals surface area contributed by atoms with E-state index in [0.717, 1.165) is 23.3 Å². The van der Waals surface area contributed by atoms with Crippen molar-refractivity contribution in [3.05, 3.63) is 71.0 Å². The normalized spacial score (nSPS) is 12.6. The maximum Gasteiger partial charge on any atom is 0.266 e. The summed E-state index contributed by atoms with van der Waals surface area (Å²) >= 11 is 1.13. The fourth-order valence-corrected chi connectivity index (χ4v) is 4.69. The smallest absolute Gasteiger partial charge is 0.266 e. The van der Waals surface area contributed by atoms with Gasteiger partial charge < -0.3 is 5.32 Å². The molecule has 3 aromatic rings. The van der Waals surface area contributed by atoms with E-state index in [0.29, 0.717) is 11.3 Å². The van der Waals surface area contributed by atoms with Gasteiger partial charge in [0.05, 0.1) is 6.04 Å². The molecule has 1 atom stereocenters. The first kappa shape index (κ1) is 19.3. The van der Waals surface area contributed by atoms with Crippen LogP contribution in [0.1, 0.15) is 30.5 Å². The third kappa shape index (κ3) is 4.45. The third-order valence-corrected chi connectivity index (χ3v) is 6.33. The average Bonchev–Trinajstić information content (AvgIpc) is 3.15. The zero-order valence-corrected chi connectivity index (χ0v) is 16.6. The Balaban J connectivity index is 1.88. The topological polar surface area (TPSA) is 71.1 Å². The fraction of sp³-hybridized carbons (Fsp3) is 0.211. The van der Waals surface area contributed by atoms with E-state index in [1.54, 1.807) is 12.3 Å². The van der Waals surface area contributed by atoms with Crippen molar-refractivity contribution in [1.29, 1.82) is 0 Å². The maximum absolute atomic E-state index is 14.6. The lowest BCUT2D eigenvalue weighted by molar-refractivity contribution is 0.570. The van der Waals surface area contributed by atoms with Gasteiger partial charge in [0, 0.05) is 17.3 Å². The number of halogens is 1. The molecule has 8 heteroatoms. The summed E-state index contributed by atoms with van der Waals surface area (Å²) in [7, 11) is -4.04. The highest BCUT2D eigenvalue weighted by molar-refractivity contribution is 7.93. The molecule has 0 saturated heterocycles. The average molecular weight is 406 g/mol. The minimum Gasteiger partial charge on any atom is -0.378 e. The van der Waals surface area contributed by atoms with E-state index in [1.165, 1.54) is 18.3 Å². The fourth-order valence-electron chi connectivity index (χ4n) is 2.75. The first-order chi connectivity index (χ1) is 12.9. The van der Waals surface area contributed by atoms with E-state index in [-0.39, 0.29) is 11.2 Å². The molecule has 1 unspecified atom stereocenters. The highest BCUT2D eigenvalue weighted by Gasteiger charge is 2.22. The van der Waals surface area contributed by atoms with E-state index in [2.05, 4.69) is 15.0 Å². The van der Waals surface area contributed by atoms with Gasteiger partial charge in [-0.15, -0.1) is 11.3 Å². The zero-order chi connectivity index (χ0) is 19.4. The number of aromatic nitrogens is 1. The lowest BCUT2D eigenvalue weighted by atomic mass is 10.0. The monoisotopic (exact) mass is 405 g/mol. The van der Waals surface area contributed by atoms with Crippen LogP contribution < -0.4 is 10.0 Å². The molecule has 0 aliphatic carbocycles. The number of aryl methyl sites for hydroxylation is 1. The Labute approximate surface area is 162 Å². The van der Waals surface area contributed by atoms with Crippen LogP contribution in [0, 0.1) is 12.7 Å². The van der Waals surface area contributed by atoms with Gasteiger partial charge in [-0.05, 0) is 36.6 Å². The van der Waals surface area contributed by atoms with Crippen LogP contribution in [0.4, 0.5) is 15.2 Å². The maximum atomic E-state index is 14.6. The van der Waals surface area contributed by atoms with Crippen LogP contribution in [0.2, 0.25) is 0 Å². The van der Waals surface area contributed by atoms with Gasteiger partial charge in [0.2, 0.25) is 0 Å². The van der Waals surface area contributed by atoms with Crippen LogP contribution in [-0.4, -0.2) is 13.4 Å². The van der Waals surface area contributed by atoms with E-state index in [1.807, 2.05) is 37.3 Å². The second-order valence-electron chi connectivity index (χ2n) is 6.06. The first-order valence-corrected chi connectivity index (χ1v) is 10.8. The molecule has 0 spiro atoms. The quantitative estimate of drug-likeness (QED) is 0.583. The Morgan fingerprint density at radius 3 is 2.59 bits per heavy atom. The Kier molecular flexibility index (Phi) is 5.76. The molecule has 5 nitrogen and oxygen atoms in total. The zero-order valence-electron chi connectivity index (χ0n) is 14.9. The summed E-state index contributed by atoms with van der Waals surface area (Å²) in [5.41, 5.74) is 2.30. The number of benzene rings is 2. The van der Waals surface area contributed by atoms with Gasteiger partial charge in [-0.1, -0.05) is 37.3 Å². The summed E-state index contributed by atoms with van der Waals surface area (Å²) in [6, 6.07) is 12.4. The molecule has 0 aliphatic rings. The van der Waals surface area contributed by atoms with Crippen LogP contribution in [0.3, 0.4) is 0 Å². The number of thiazole rings is 1. The van der Waals surface area contributed by atoms with Crippen molar-refractivity contribution >= 4 is 32.2 Å². The Bertz CT molecular complexity index is 1010. The largest absolute Gasteiger partial charge is 0.378 e. The molecule has 2 aromatic carbocycles. The molecule has 142 valence electrons. The van der Waals surface area contributed by atoms with Crippen LogP contribution in [0.5, 0.6) is 0 Å². The molecule has 1 heterocycles. The minimum absolute atomic E-state index is 0.000186. The number of anilines is 2. The van der Waals surface area contributed by atoms with Gasteiger partial charge in [-0.2, -0.15) is 0 Å². The summed E-state index contributed by atoms with van der Waals surface area (Å²) in [6.45, 7) is 3.79. The number of hydrogen-bond donors (Lipinski definition) is 2. The lowest BCUT2D eigenvalue weighted by Gasteiger charge is -2.21. The molecule has 0 aliphatic heterocycles. The number of nitrogens with one attached hydrogen (secondary N) is 2. The van der Waals surface area contributed by atoms with Gasteiger partial charge in [-0.25, -0.2) is 17.8 Å². The van der Waals surface area contributed by atoms with E-state index >= 15 is 0 Å². The number of hydrogen-bond acceptors (Lipinski definition) is 5. The second kappa shape index (κ2) is 8.06. The van der Waals surface area contributed by atoms with Crippen LogP contribution in [0.25, 0.3) is 0 Å². The molecule has 0 radical (unpaired) electrons. The standard InChI is InChI=1S/C19H20FN3O2S2/c1-3-16(14-7-5-4-6-8-14)22-17-12-15(20)18(11-13(17)2)27(24,25)23-19-21-9-10-26-19/h4-12,16,22H,3H2,1-2H3,(H,21,23). The SMILES string of the molecule is CCC(Nc1cc(F)c(S(=O)(=O)Nc2nccs2)cc1C)c1ccccc1. The molecule has 0 amide bonds. The molecule has 1 aromatic heterocycles. The number of rotatable bonds is 7. The summed E-state index contributed by atoms with van der Waals surface area (Å²) in [4.78, 5) is 3.48. The minimum atomic E-state index is -4.04. The Morgan fingerprint density at radius 1 is 1.22 bits per heavy atom. The lowest BCUT2D eigenvalue weighted by Crippen LogP contribution is -2.16. The van der Waals surface area contributed by atoms with Gasteiger partial charge in [-0.3, -0.25) is 4.72 Å². The van der Waals surface area contributed by atoms with Crippen molar-refractivity contribution in [2.45, 2.75) is 31.2 Å². The predicted octanol–water partition coefficient (Wildman–Crippen LogP) is 4.95. The van der Waals surface area contributed by atoms with E-state index < -0.39 is 20.7 Å². The van der Waals surface area contributed by atoms with Crippen LogP contribution in [-0.2, 0) is 10.0 Å². The van der Waals surface area contributed by atoms with Crippen molar-refractivity contribution < 1.29 is 12.8 Å². The highest BCUT2D eigenvalue weighted by atomic mass is 32.2. The Morgan fingerprint density at radius 2 is 1.96 bits per heavy atom. The highest BCUT2D eigenvalue weighted by Crippen LogP contribution is 2.29. The van der Waals surface area contributed by atoms with Gasteiger partial charge >= 0.3 is 0 Å². The second-order valence-corrected chi connectivity index (χ2v) is 8.60. The van der Waals surface area contributed by atoms with Gasteiger partial charge in [0.15, 0.2) is 5.13 Å². The summed E-state index contributed by atoms with van der Waals surface area (Å²) in [5, 5.41) is 5.15. The van der Waals surface area contributed by atoms with Crippen molar-refractivity contribution in [3.8, 4) is 0 Å². The first-order valence-electron chi connectivity index (χ1n) is 8.44. The molecule has 27 heavy (non-hydrogen) atoms. The number of sulfonamides is 1. The summed E-state index contributed by atoms with van der Waals surface area (Å²) in [6.07, 6.45) is 2.28. The van der Waals surface area contributed by atoms with Gasteiger partial charge in [0.1, 0.15) is 10.7 Å². The van der Waals surface area contributed by atoms with Crippen molar-refractivity contribution in [2.75, 3.05) is 10.0 Å². The van der Waals surface area contributed by atoms with Crippen molar-refractivity contribution in [2.24, 2.45) is 0 Å². The molecule has 0 saturated carbocycles. The Hall–Kier alpha value is -2.45. The molecule has 2 N–H and O–H groups in total. The molecular formula is C19H20FN3O2S2. The predicted molar refractivity (Wildman–Crippen MR) is 107 cm³/mol. The van der Waals surface area contributed by atoms with Crippen LogP contribution >= 0.6 is 11.3 Å². The molecule has 3 rings (SSSR count). The number of nitrogens with zero attached hydrogens (tertiary/aromatic N) is 1. The molecular weight excluding hydrogens is 385 g/mol. The molecule has 0 fully saturated rings. The van der Waals surface area contributed by atoms with E-state index in [9.17, 15) is 12.8 Å². The summed E-state index contributed by atoms with van der Waals surface area (Å²) in [5.74, 6) is -0.810. The van der Waals surface area contributed by atoms with Crippen molar-refractivity contribution in [3.63, 3.8) is 0 Å². The van der Waals surface area contributed by atoms with Crippen LogP contribution in [0.15, 0.2) is 58.9 Å². The third-order valence-electron chi connectivity index (χ3n) is 4.16. The van der Waals surface area contributed by atoms with E-state index in [4.69, 9.17) is 0 Å².